The van der Waals surface area contributed by atoms with Crippen molar-refractivity contribution in [1.82, 2.24) is 20.2 Å². The Morgan fingerprint density at radius 3 is 2.38 bits per heavy atom. The average Bonchev–Trinajstić information content (AvgIpc) is 2.49. The van der Waals surface area contributed by atoms with Crippen LogP contribution in [0.15, 0.2) is 18.5 Å². The highest BCUT2D eigenvalue weighted by Gasteiger charge is 2.29. The van der Waals surface area contributed by atoms with Gasteiger partial charge in [-0.15, -0.1) is 0 Å². The van der Waals surface area contributed by atoms with E-state index in [1.54, 1.807) is 0 Å². The maximum Gasteiger partial charge on any atom is 0.225 e. The number of rotatable bonds is 6. The lowest BCUT2D eigenvalue weighted by molar-refractivity contribution is 0.137. The number of piperazine rings is 1. The Morgan fingerprint density at radius 1 is 1.19 bits per heavy atom. The molecule has 0 aliphatic carbocycles. The van der Waals surface area contributed by atoms with Crippen molar-refractivity contribution in [3.8, 4) is 0 Å². The Bertz CT molecular complexity index is 412. The number of anilines is 1. The van der Waals surface area contributed by atoms with E-state index in [-0.39, 0.29) is 5.41 Å². The zero-order valence-corrected chi connectivity index (χ0v) is 13.8. The fraction of sp³-hybridized carbons (Fsp3) is 0.750. The molecule has 21 heavy (non-hydrogen) atoms. The van der Waals surface area contributed by atoms with Crippen LogP contribution in [0.3, 0.4) is 0 Å². The van der Waals surface area contributed by atoms with Crippen molar-refractivity contribution in [3.05, 3.63) is 18.5 Å². The summed E-state index contributed by atoms with van der Waals surface area (Å²) in [5.41, 5.74) is 0.279. The summed E-state index contributed by atoms with van der Waals surface area (Å²) in [5, 5.41) is 3.55. The molecule has 118 valence electrons. The highest BCUT2D eigenvalue weighted by atomic mass is 15.3. The molecule has 2 heterocycles. The van der Waals surface area contributed by atoms with Crippen molar-refractivity contribution in [1.29, 1.82) is 0 Å². The fourth-order valence-corrected chi connectivity index (χ4v) is 2.86. The van der Waals surface area contributed by atoms with E-state index in [0.29, 0.717) is 6.04 Å². The van der Waals surface area contributed by atoms with Gasteiger partial charge in [-0.2, -0.15) is 0 Å². The van der Waals surface area contributed by atoms with Crippen molar-refractivity contribution in [2.45, 2.75) is 33.7 Å². The van der Waals surface area contributed by atoms with E-state index in [0.717, 1.165) is 45.2 Å². The minimum Gasteiger partial charge on any atom is -0.338 e. The minimum absolute atomic E-state index is 0.279. The van der Waals surface area contributed by atoms with Crippen LogP contribution in [0.2, 0.25) is 0 Å². The summed E-state index contributed by atoms with van der Waals surface area (Å²) < 4.78 is 0. The van der Waals surface area contributed by atoms with E-state index in [9.17, 15) is 0 Å². The van der Waals surface area contributed by atoms with Gasteiger partial charge < -0.3 is 10.2 Å². The molecule has 1 atom stereocenters. The second-order valence-corrected chi connectivity index (χ2v) is 6.58. The molecule has 1 aliphatic rings. The maximum absolute atomic E-state index is 4.34. The van der Waals surface area contributed by atoms with E-state index in [1.165, 1.54) is 0 Å². The predicted octanol–water partition coefficient (Wildman–Crippen LogP) is 1.62. The third-order valence-electron chi connectivity index (χ3n) is 4.52. The summed E-state index contributed by atoms with van der Waals surface area (Å²) in [6.07, 6.45) is 3.63. The van der Waals surface area contributed by atoms with Gasteiger partial charge in [0.25, 0.3) is 0 Å². The summed E-state index contributed by atoms with van der Waals surface area (Å²) in [6.45, 7) is 15.5. The number of nitrogens with zero attached hydrogens (tertiary/aromatic N) is 4. The molecule has 0 radical (unpaired) electrons. The van der Waals surface area contributed by atoms with E-state index >= 15 is 0 Å². The monoisotopic (exact) mass is 291 g/mol. The minimum atomic E-state index is 0.279. The van der Waals surface area contributed by atoms with Gasteiger partial charge in [-0.3, -0.25) is 4.90 Å². The van der Waals surface area contributed by atoms with E-state index in [2.05, 4.69) is 52.8 Å². The second-order valence-electron chi connectivity index (χ2n) is 6.58. The first-order valence-corrected chi connectivity index (χ1v) is 8.00. The van der Waals surface area contributed by atoms with Crippen molar-refractivity contribution < 1.29 is 0 Å². The van der Waals surface area contributed by atoms with Crippen molar-refractivity contribution in [2.75, 3.05) is 44.2 Å². The van der Waals surface area contributed by atoms with Gasteiger partial charge in [-0.05, 0) is 24.9 Å². The van der Waals surface area contributed by atoms with Crippen LogP contribution in [0.1, 0.15) is 27.7 Å². The van der Waals surface area contributed by atoms with Crippen molar-refractivity contribution in [2.24, 2.45) is 5.41 Å². The molecule has 1 unspecified atom stereocenters. The molecule has 0 spiro atoms. The summed E-state index contributed by atoms with van der Waals surface area (Å²) in [7, 11) is 0. The van der Waals surface area contributed by atoms with E-state index in [1.807, 2.05) is 18.5 Å². The zero-order chi connectivity index (χ0) is 15.3. The molecule has 1 aliphatic heterocycles. The molecule has 1 fully saturated rings. The first-order chi connectivity index (χ1) is 10.0. The average molecular weight is 291 g/mol. The fourth-order valence-electron chi connectivity index (χ4n) is 2.86. The molecule has 1 aromatic rings. The topological polar surface area (TPSA) is 44.3 Å². The first kappa shape index (κ1) is 16.2. The number of nitrogens with one attached hydrogen (secondary N) is 1. The number of hydrogen-bond acceptors (Lipinski definition) is 5. The summed E-state index contributed by atoms with van der Waals surface area (Å²) in [5.74, 6) is 0.859. The third kappa shape index (κ3) is 4.38. The lowest BCUT2D eigenvalue weighted by atomic mass is 9.84. The van der Waals surface area contributed by atoms with Crippen molar-refractivity contribution in [3.63, 3.8) is 0 Å². The number of aromatic nitrogens is 2. The van der Waals surface area contributed by atoms with Crippen LogP contribution < -0.4 is 10.2 Å². The lowest BCUT2D eigenvalue weighted by Crippen LogP contribution is -2.53. The molecular formula is C16H29N5. The largest absolute Gasteiger partial charge is 0.338 e. The molecule has 5 nitrogen and oxygen atoms in total. The molecule has 1 saturated heterocycles. The molecule has 5 heteroatoms. The molecule has 0 amide bonds. The highest BCUT2D eigenvalue weighted by molar-refractivity contribution is 5.29. The normalized spacial score (nSPS) is 18.8. The van der Waals surface area contributed by atoms with Gasteiger partial charge in [0.15, 0.2) is 0 Å². The SMILES string of the molecule is CCNC(C)C(C)(C)CN1CCN(c2ncccn2)CC1. The smallest absolute Gasteiger partial charge is 0.225 e. The summed E-state index contributed by atoms with van der Waals surface area (Å²) in [6, 6.07) is 2.39. The van der Waals surface area contributed by atoms with Crippen LogP contribution in [0.5, 0.6) is 0 Å². The Labute approximate surface area is 128 Å². The molecule has 2 rings (SSSR count). The number of hydrogen-bond donors (Lipinski definition) is 1. The Balaban J connectivity index is 1.84. The third-order valence-corrected chi connectivity index (χ3v) is 4.52. The Hall–Kier alpha value is -1.20. The molecular weight excluding hydrogens is 262 g/mol. The zero-order valence-electron chi connectivity index (χ0n) is 13.8. The molecule has 0 bridgehead atoms. The summed E-state index contributed by atoms with van der Waals surface area (Å²) in [4.78, 5) is 13.5. The second kappa shape index (κ2) is 7.18. The Morgan fingerprint density at radius 2 is 1.81 bits per heavy atom. The van der Waals surface area contributed by atoms with Crippen molar-refractivity contribution >= 4 is 5.95 Å². The van der Waals surface area contributed by atoms with Crippen LogP contribution in [0.25, 0.3) is 0 Å². The Kier molecular flexibility index (Phi) is 5.53. The van der Waals surface area contributed by atoms with Crippen LogP contribution >= 0.6 is 0 Å². The van der Waals surface area contributed by atoms with Gasteiger partial charge >= 0.3 is 0 Å². The van der Waals surface area contributed by atoms with Gasteiger partial charge in [0.1, 0.15) is 0 Å². The highest BCUT2D eigenvalue weighted by Crippen LogP contribution is 2.23. The maximum atomic E-state index is 4.34. The van der Waals surface area contributed by atoms with Gasteiger partial charge in [0, 0.05) is 51.2 Å². The summed E-state index contributed by atoms with van der Waals surface area (Å²) >= 11 is 0. The van der Waals surface area contributed by atoms with Crippen LogP contribution in [-0.2, 0) is 0 Å². The predicted molar refractivity (Wildman–Crippen MR) is 87.6 cm³/mol. The van der Waals surface area contributed by atoms with Crippen LogP contribution in [-0.4, -0.2) is 60.2 Å². The van der Waals surface area contributed by atoms with Crippen LogP contribution in [0, 0.1) is 5.41 Å². The standard InChI is InChI=1S/C16H29N5/c1-5-17-14(2)16(3,4)13-20-9-11-21(12-10-20)15-18-7-6-8-19-15/h6-8,14,17H,5,9-13H2,1-4H3. The molecule has 1 aromatic heterocycles. The first-order valence-electron chi connectivity index (χ1n) is 8.00. The van der Waals surface area contributed by atoms with Crippen LogP contribution in [0.4, 0.5) is 5.95 Å². The molecule has 0 saturated carbocycles. The molecule has 1 N–H and O–H groups in total. The molecule has 0 aromatic carbocycles. The van der Waals surface area contributed by atoms with E-state index in [4.69, 9.17) is 0 Å². The van der Waals surface area contributed by atoms with E-state index < -0.39 is 0 Å². The van der Waals surface area contributed by atoms with Gasteiger partial charge in [-0.1, -0.05) is 20.8 Å². The van der Waals surface area contributed by atoms with Gasteiger partial charge in [-0.25, -0.2) is 9.97 Å². The lowest BCUT2D eigenvalue weighted by Gasteiger charge is -2.41. The quantitative estimate of drug-likeness (QED) is 0.863. The van der Waals surface area contributed by atoms with Gasteiger partial charge in [0.2, 0.25) is 5.95 Å². The van der Waals surface area contributed by atoms with Gasteiger partial charge in [0.05, 0.1) is 0 Å².